The number of sulfonamides is 1. The lowest BCUT2D eigenvalue weighted by Crippen LogP contribution is -2.18. The largest absolute Gasteiger partial charge is 0.497 e. The topological polar surface area (TPSA) is 121 Å². The van der Waals surface area contributed by atoms with E-state index >= 15 is 0 Å². The molecule has 5 rings (SSSR count). The molecule has 1 N–H and O–H groups in total. The Hall–Kier alpha value is -4.09. The summed E-state index contributed by atoms with van der Waals surface area (Å²) in [6.45, 7) is 0.141. The van der Waals surface area contributed by atoms with Gasteiger partial charge >= 0.3 is 0 Å². The summed E-state index contributed by atoms with van der Waals surface area (Å²) < 4.78 is 39.1. The average molecular weight is 477 g/mol. The van der Waals surface area contributed by atoms with Crippen molar-refractivity contribution in [2.45, 2.75) is 11.5 Å². The number of ether oxygens (including phenoxy) is 2. The number of hydrogen-bond acceptors (Lipinski definition) is 8. The molecule has 0 radical (unpaired) electrons. The van der Waals surface area contributed by atoms with Gasteiger partial charge in [-0.25, -0.2) is 13.1 Å². The second kappa shape index (κ2) is 8.69. The van der Waals surface area contributed by atoms with Crippen LogP contribution in [-0.2, 0) is 16.6 Å². The lowest BCUT2D eigenvalue weighted by molar-refractivity contribution is 0.296. The summed E-state index contributed by atoms with van der Waals surface area (Å²) in [4.78, 5) is 4.55. The Morgan fingerprint density at radius 1 is 1.00 bits per heavy atom. The Labute approximate surface area is 195 Å². The maximum absolute atomic E-state index is 12.0. The molecule has 10 nitrogen and oxygen atoms in total. The first-order valence-electron chi connectivity index (χ1n) is 10.3. The lowest BCUT2D eigenvalue weighted by atomic mass is 10.1. The van der Waals surface area contributed by atoms with Crippen molar-refractivity contribution in [1.82, 2.24) is 29.5 Å². The summed E-state index contributed by atoms with van der Waals surface area (Å²) in [5, 5.41) is 13.9. The molecule has 0 aliphatic rings. The number of fused-ring (bicyclic) bond motifs is 2. The molecule has 0 bridgehead atoms. The van der Waals surface area contributed by atoms with Crippen molar-refractivity contribution in [2.24, 2.45) is 0 Å². The van der Waals surface area contributed by atoms with Gasteiger partial charge in [0.05, 0.1) is 23.2 Å². The fourth-order valence-electron chi connectivity index (χ4n) is 3.50. The highest BCUT2D eigenvalue weighted by Gasteiger charge is 2.14. The third-order valence-corrected chi connectivity index (χ3v) is 6.75. The van der Waals surface area contributed by atoms with Crippen LogP contribution in [0.2, 0.25) is 0 Å². The van der Waals surface area contributed by atoms with Crippen molar-refractivity contribution < 1.29 is 17.9 Å². The fourth-order valence-corrected chi connectivity index (χ4v) is 4.23. The summed E-state index contributed by atoms with van der Waals surface area (Å²) in [5.41, 5.74) is 2.73. The van der Waals surface area contributed by atoms with Crippen LogP contribution in [0.4, 0.5) is 0 Å². The van der Waals surface area contributed by atoms with E-state index in [0.717, 1.165) is 16.5 Å². The molecule has 3 aromatic heterocycles. The molecular weight excluding hydrogens is 456 g/mol. The second-order valence-electron chi connectivity index (χ2n) is 7.32. The molecule has 0 saturated carbocycles. The number of hydrogen-bond donors (Lipinski definition) is 1. The first kappa shape index (κ1) is 21.7. The van der Waals surface area contributed by atoms with Gasteiger partial charge in [-0.1, -0.05) is 12.1 Å². The maximum Gasteiger partial charge on any atom is 0.240 e. The van der Waals surface area contributed by atoms with Crippen molar-refractivity contribution in [3.8, 4) is 22.8 Å². The van der Waals surface area contributed by atoms with E-state index in [4.69, 9.17) is 9.47 Å². The summed E-state index contributed by atoms with van der Waals surface area (Å²) in [7, 11) is -0.523. The van der Waals surface area contributed by atoms with Crippen LogP contribution in [0.3, 0.4) is 0 Å². The zero-order valence-corrected chi connectivity index (χ0v) is 19.2. The maximum atomic E-state index is 12.0. The van der Waals surface area contributed by atoms with Gasteiger partial charge in [0.25, 0.3) is 0 Å². The smallest absolute Gasteiger partial charge is 0.240 e. The van der Waals surface area contributed by atoms with Crippen molar-refractivity contribution in [3.05, 3.63) is 72.7 Å². The van der Waals surface area contributed by atoms with Crippen LogP contribution < -0.4 is 14.2 Å². The van der Waals surface area contributed by atoms with Crippen molar-refractivity contribution in [1.29, 1.82) is 0 Å². The summed E-state index contributed by atoms with van der Waals surface area (Å²) in [5.74, 6) is 1.89. The molecule has 172 valence electrons. The molecule has 0 amide bonds. The molecular formula is C23H20N6O4S. The molecule has 0 aliphatic carbocycles. The van der Waals surface area contributed by atoms with Gasteiger partial charge in [0.1, 0.15) is 18.1 Å². The summed E-state index contributed by atoms with van der Waals surface area (Å²) in [6, 6.07) is 17.5. The molecule has 0 spiro atoms. The summed E-state index contributed by atoms with van der Waals surface area (Å²) in [6.07, 6.45) is 1.67. The van der Waals surface area contributed by atoms with E-state index in [1.807, 2.05) is 18.2 Å². The molecule has 0 atom stereocenters. The number of rotatable bonds is 7. The molecule has 0 saturated heterocycles. The summed E-state index contributed by atoms with van der Waals surface area (Å²) >= 11 is 0. The van der Waals surface area contributed by atoms with Crippen molar-refractivity contribution in [2.75, 3.05) is 14.2 Å². The predicted molar refractivity (Wildman–Crippen MR) is 125 cm³/mol. The Kier molecular flexibility index (Phi) is 5.56. The highest BCUT2D eigenvalue weighted by atomic mass is 32.2. The van der Waals surface area contributed by atoms with E-state index in [-0.39, 0.29) is 11.5 Å². The monoisotopic (exact) mass is 476 g/mol. The molecule has 3 heterocycles. The van der Waals surface area contributed by atoms with Gasteiger partial charge in [-0.15, -0.1) is 10.2 Å². The Morgan fingerprint density at radius 3 is 2.59 bits per heavy atom. The van der Waals surface area contributed by atoms with Crippen LogP contribution >= 0.6 is 0 Å². The SMILES string of the molecule is CNS(=O)(=O)c1ccc(-c2ccc3nnc(COc4ccnc5cc(OC)ccc45)n3n2)cc1. The number of benzene rings is 2. The minimum Gasteiger partial charge on any atom is -0.497 e. The van der Waals surface area contributed by atoms with Gasteiger partial charge in [0, 0.05) is 23.2 Å². The van der Waals surface area contributed by atoms with Gasteiger partial charge in [0.2, 0.25) is 10.0 Å². The Bertz CT molecular complexity index is 1600. The first-order chi connectivity index (χ1) is 16.5. The van der Waals surface area contributed by atoms with Crippen LogP contribution in [0.25, 0.3) is 27.8 Å². The van der Waals surface area contributed by atoms with Crippen LogP contribution in [0.5, 0.6) is 11.5 Å². The van der Waals surface area contributed by atoms with Crippen LogP contribution in [0, 0.1) is 0 Å². The molecule has 0 fully saturated rings. The van der Waals surface area contributed by atoms with Crippen LogP contribution in [0.15, 0.2) is 71.8 Å². The normalized spacial score (nSPS) is 11.7. The molecule has 0 aliphatic heterocycles. The van der Waals surface area contributed by atoms with E-state index < -0.39 is 10.0 Å². The van der Waals surface area contributed by atoms with E-state index in [9.17, 15) is 8.42 Å². The van der Waals surface area contributed by atoms with Crippen LogP contribution in [0.1, 0.15) is 5.82 Å². The zero-order valence-electron chi connectivity index (χ0n) is 18.3. The zero-order chi connectivity index (χ0) is 23.7. The first-order valence-corrected chi connectivity index (χ1v) is 11.8. The molecule has 0 unspecified atom stereocenters. The predicted octanol–water partition coefficient (Wildman–Crippen LogP) is 2.84. The lowest BCUT2D eigenvalue weighted by Gasteiger charge is -2.09. The number of pyridine rings is 1. The van der Waals surface area contributed by atoms with Gasteiger partial charge in [0.15, 0.2) is 11.5 Å². The third kappa shape index (κ3) is 4.02. The van der Waals surface area contributed by atoms with Gasteiger partial charge in [-0.05, 0) is 49.5 Å². The quantitative estimate of drug-likeness (QED) is 0.381. The van der Waals surface area contributed by atoms with E-state index in [1.54, 1.807) is 48.2 Å². The molecule has 34 heavy (non-hydrogen) atoms. The third-order valence-electron chi connectivity index (χ3n) is 5.32. The number of nitrogens with one attached hydrogen (secondary N) is 1. The number of methoxy groups -OCH3 is 1. The number of nitrogens with zero attached hydrogens (tertiary/aromatic N) is 5. The van der Waals surface area contributed by atoms with E-state index in [1.165, 1.54) is 19.2 Å². The van der Waals surface area contributed by atoms with Crippen molar-refractivity contribution >= 4 is 26.6 Å². The molecule has 11 heteroatoms. The van der Waals surface area contributed by atoms with Gasteiger partial charge < -0.3 is 9.47 Å². The molecule has 2 aromatic carbocycles. The highest BCUT2D eigenvalue weighted by molar-refractivity contribution is 7.89. The Balaban J connectivity index is 1.42. The standard InChI is InChI=1S/C23H20N6O4S/c1-24-34(30,31)17-6-3-15(4-7-17)19-9-10-22-26-27-23(29(22)28-19)14-33-21-11-12-25-20-13-16(32-2)5-8-18(20)21/h3-13,24H,14H2,1-2H3. The average Bonchev–Trinajstić information content (AvgIpc) is 3.29. The fraction of sp³-hybridized carbons (Fsp3) is 0.130. The van der Waals surface area contributed by atoms with E-state index in [2.05, 4.69) is 25.0 Å². The highest BCUT2D eigenvalue weighted by Crippen LogP contribution is 2.28. The van der Waals surface area contributed by atoms with Crippen LogP contribution in [-0.4, -0.2) is 47.4 Å². The van der Waals surface area contributed by atoms with E-state index in [0.29, 0.717) is 28.7 Å². The minimum absolute atomic E-state index is 0.141. The minimum atomic E-state index is -3.51. The van der Waals surface area contributed by atoms with Gasteiger partial charge in [-0.3, -0.25) is 4.98 Å². The van der Waals surface area contributed by atoms with Gasteiger partial charge in [-0.2, -0.15) is 9.61 Å². The Morgan fingerprint density at radius 2 is 1.82 bits per heavy atom. The number of aromatic nitrogens is 5. The second-order valence-corrected chi connectivity index (χ2v) is 9.20. The van der Waals surface area contributed by atoms with Crippen molar-refractivity contribution in [3.63, 3.8) is 0 Å². The molecule has 5 aromatic rings.